The molecule has 0 heterocycles. The van der Waals surface area contributed by atoms with E-state index in [0.717, 1.165) is 53.8 Å². The molecule has 126 valence electrons. The highest BCUT2D eigenvalue weighted by Crippen LogP contribution is 2.28. The van der Waals surface area contributed by atoms with Crippen LogP contribution in [0.1, 0.15) is 19.3 Å². The van der Waals surface area contributed by atoms with E-state index in [-0.39, 0.29) is 0 Å². The maximum atomic E-state index is 5.80. The lowest BCUT2D eigenvalue weighted by atomic mass is 10.3. The van der Waals surface area contributed by atoms with Crippen molar-refractivity contribution in [1.82, 2.24) is 0 Å². The van der Waals surface area contributed by atoms with Gasteiger partial charge in [-0.2, -0.15) is 37.0 Å². The second-order valence-electron chi connectivity index (χ2n) is 4.69. The highest BCUT2D eigenvalue weighted by atomic mass is 32.2. The summed E-state index contributed by atoms with van der Waals surface area (Å²) in [7, 11) is 0. The molecule has 3 nitrogen and oxygen atoms in total. The molecule has 0 spiro atoms. The largest absolute Gasteiger partial charge is 0.493 e. The number of ether oxygens (including phenoxy) is 3. The van der Waals surface area contributed by atoms with Crippen molar-refractivity contribution in [2.45, 2.75) is 19.3 Å². The maximum absolute atomic E-state index is 5.80. The molecule has 1 aromatic carbocycles. The molecule has 0 bridgehead atoms. The normalized spacial score (nSPS) is 10.5. The molecule has 1 aromatic rings. The van der Waals surface area contributed by atoms with Crippen LogP contribution >= 0.6 is 37.0 Å². The summed E-state index contributed by atoms with van der Waals surface area (Å²) in [6.07, 6.45) is 4.96. The summed E-state index contributed by atoms with van der Waals surface area (Å²) in [5.41, 5.74) is 0. The lowest BCUT2D eigenvalue weighted by molar-refractivity contribution is 0.288. The van der Waals surface area contributed by atoms with Crippen LogP contribution in [0.3, 0.4) is 0 Å². The van der Waals surface area contributed by atoms with E-state index in [1.54, 1.807) is 0 Å². The van der Waals surface area contributed by atoms with Crippen molar-refractivity contribution in [2.75, 3.05) is 43.3 Å². The first-order valence-corrected chi connectivity index (χ1v) is 10.2. The lowest BCUT2D eigenvalue weighted by Crippen LogP contribution is -2.03. The van der Waals surface area contributed by atoms with E-state index in [2.05, 4.69) is 31.5 Å². The van der Waals surface area contributed by atoms with Crippen molar-refractivity contribution >= 4 is 37.0 Å². The predicted octanol–water partition coefficient (Wildman–Crippen LogP) is 4.22. The zero-order chi connectivity index (χ0) is 16.0. The van der Waals surface area contributed by atoms with Crippen LogP contribution in [0.2, 0.25) is 0 Å². The smallest absolute Gasteiger partial charge is 0.126 e. The quantitative estimate of drug-likeness (QED) is 0.406. The van der Waals surface area contributed by atoms with E-state index >= 15 is 0 Å². The van der Waals surface area contributed by atoms with Crippen LogP contribution in [0.25, 0.3) is 0 Å². The van der Waals surface area contributed by atoms with Crippen molar-refractivity contribution in [3.05, 3.63) is 18.2 Å². The molecule has 0 atom stereocenters. The number of hydrogen-bond acceptors (Lipinski definition) is 6. The minimum Gasteiger partial charge on any atom is -0.493 e. The molecule has 1 rings (SSSR count). The van der Waals surface area contributed by atoms with Gasteiger partial charge in [0.05, 0.1) is 19.8 Å². The first kappa shape index (κ1) is 19.7. The van der Waals surface area contributed by atoms with E-state index in [4.69, 9.17) is 14.2 Å². The molecule has 0 radical (unpaired) electrons. The first-order chi connectivity index (χ1) is 10.8. The molecular weight excluding hydrogens is 336 g/mol. The number of thioether (sulfide) groups is 1. The molecule has 0 unspecified atom stereocenters. The third kappa shape index (κ3) is 8.96. The van der Waals surface area contributed by atoms with Gasteiger partial charge in [0.25, 0.3) is 0 Å². The molecule has 0 fully saturated rings. The third-order valence-corrected chi connectivity index (χ3v) is 4.09. The molecule has 0 N–H and O–H groups in total. The van der Waals surface area contributed by atoms with Gasteiger partial charge in [-0.3, -0.25) is 0 Å². The van der Waals surface area contributed by atoms with Crippen molar-refractivity contribution in [2.24, 2.45) is 0 Å². The first-order valence-electron chi connectivity index (χ1n) is 7.54. The van der Waals surface area contributed by atoms with Crippen LogP contribution in [0.5, 0.6) is 17.2 Å². The molecule has 0 aliphatic carbocycles. The van der Waals surface area contributed by atoms with Gasteiger partial charge in [-0.15, -0.1) is 0 Å². The van der Waals surface area contributed by atoms with Crippen LogP contribution in [-0.4, -0.2) is 43.3 Å². The summed E-state index contributed by atoms with van der Waals surface area (Å²) in [5, 5.41) is 0. The Hall–Kier alpha value is -0.330. The number of benzene rings is 1. The molecular formula is C16H26O3S3. The maximum Gasteiger partial charge on any atom is 0.126 e. The summed E-state index contributed by atoms with van der Waals surface area (Å²) in [4.78, 5) is 0. The summed E-state index contributed by atoms with van der Waals surface area (Å²) < 4.78 is 17.3. The Balaban J connectivity index is 2.62. The zero-order valence-electron chi connectivity index (χ0n) is 13.1. The highest BCUT2D eigenvalue weighted by molar-refractivity contribution is 7.98. The Kier molecular flexibility index (Phi) is 11.8. The molecule has 0 amide bonds. The van der Waals surface area contributed by atoms with Crippen molar-refractivity contribution in [1.29, 1.82) is 0 Å². The summed E-state index contributed by atoms with van der Waals surface area (Å²) in [6, 6.07) is 5.75. The standard InChI is InChI=1S/C16H26O3S3/c1-22-10-4-7-19-16-12-14(17-5-2-8-20)11-15(13-16)18-6-3-9-21/h11-13,20-21H,2-10H2,1H3. The van der Waals surface area contributed by atoms with Gasteiger partial charge in [0.2, 0.25) is 0 Å². The highest BCUT2D eigenvalue weighted by Gasteiger charge is 2.05. The second kappa shape index (κ2) is 13.1. The number of hydrogen-bond donors (Lipinski definition) is 2. The van der Waals surface area contributed by atoms with Gasteiger partial charge in [-0.05, 0) is 42.8 Å². The van der Waals surface area contributed by atoms with Crippen molar-refractivity contribution < 1.29 is 14.2 Å². The van der Waals surface area contributed by atoms with Crippen LogP contribution in [-0.2, 0) is 0 Å². The van der Waals surface area contributed by atoms with Crippen LogP contribution < -0.4 is 14.2 Å². The van der Waals surface area contributed by atoms with Gasteiger partial charge in [0, 0.05) is 18.2 Å². The van der Waals surface area contributed by atoms with Crippen molar-refractivity contribution in [3.8, 4) is 17.2 Å². The van der Waals surface area contributed by atoms with Gasteiger partial charge >= 0.3 is 0 Å². The van der Waals surface area contributed by atoms with E-state index in [9.17, 15) is 0 Å². The Bertz CT molecular complexity index is 374. The number of thiol groups is 2. The molecule has 6 heteroatoms. The van der Waals surface area contributed by atoms with E-state index < -0.39 is 0 Å². The fraction of sp³-hybridized carbons (Fsp3) is 0.625. The topological polar surface area (TPSA) is 27.7 Å². The fourth-order valence-electron chi connectivity index (χ4n) is 1.70. The SMILES string of the molecule is CSCCCOc1cc(OCCCS)cc(OCCCS)c1. The summed E-state index contributed by atoms with van der Waals surface area (Å²) >= 11 is 10.2. The summed E-state index contributed by atoms with van der Waals surface area (Å²) in [6.45, 7) is 2.00. The van der Waals surface area contributed by atoms with Gasteiger partial charge in [0.15, 0.2) is 0 Å². The van der Waals surface area contributed by atoms with Gasteiger partial charge in [0.1, 0.15) is 17.2 Å². The van der Waals surface area contributed by atoms with Crippen LogP contribution in [0.15, 0.2) is 18.2 Å². The van der Waals surface area contributed by atoms with Gasteiger partial charge in [-0.1, -0.05) is 0 Å². The fourth-order valence-corrected chi connectivity index (χ4v) is 2.36. The lowest BCUT2D eigenvalue weighted by Gasteiger charge is -2.13. The Morgan fingerprint density at radius 1 is 0.773 bits per heavy atom. The molecule has 22 heavy (non-hydrogen) atoms. The zero-order valence-corrected chi connectivity index (χ0v) is 15.7. The average Bonchev–Trinajstić information content (AvgIpc) is 2.52. The Morgan fingerprint density at radius 2 is 1.18 bits per heavy atom. The van der Waals surface area contributed by atoms with Crippen molar-refractivity contribution in [3.63, 3.8) is 0 Å². The second-order valence-corrected chi connectivity index (χ2v) is 6.57. The van der Waals surface area contributed by atoms with E-state index in [1.807, 2.05) is 30.0 Å². The molecule has 0 aliphatic rings. The molecule has 0 aliphatic heterocycles. The molecule has 0 aromatic heterocycles. The van der Waals surface area contributed by atoms with Gasteiger partial charge < -0.3 is 14.2 Å². The Labute approximate surface area is 149 Å². The Morgan fingerprint density at radius 3 is 1.55 bits per heavy atom. The minimum absolute atomic E-state index is 0.648. The average molecular weight is 363 g/mol. The number of rotatable bonds is 13. The summed E-state index contributed by atoms with van der Waals surface area (Å²) in [5.74, 6) is 5.09. The molecule has 0 saturated carbocycles. The van der Waals surface area contributed by atoms with E-state index in [0.29, 0.717) is 19.8 Å². The minimum atomic E-state index is 0.648. The monoisotopic (exact) mass is 362 g/mol. The van der Waals surface area contributed by atoms with Crippen LogP contribution in [0.4, 0.5) is 0 Å². The van der Waals surface area contributed by atoms with E-state index in [1.165, 1.54) is 0 Å². The van der Waals surface area contributed by atoms with Crippen LogP contribution in [0, 0.1) is 0 Å². The third-order valence-electron chi connectivity index (χ3n) is 2.76. The molecule has 0 saturated heterocycles. The van der Waals surface area contributed by atoms with Gasteiger partial charge in [-0.25, -0.2) is 0 Å². The predicted molar refractivity (Wildman–Crippen MR) is 103 cm³/mol.